The molecule has 1 heterocycles. The molecule has 3 rings (SSSR count). The zero-order chi connectivity index (χ0) is 15.0. The highest BCUT2D eigenvalue weighted by Crippen LogP contribution is 2.39. The van der Waals surface area contributed by atoms with Crippen LogP contribution in [0, 0.1) is 11.8 Å². The topological polar surface area (TPSA) is 69.6 Å². The van der Waals surface area contributed by atoms with Crippen LogP contribution in [0.25, 0.3) is 11.4 Å². The molecule has 1 aromatic carbocycles. The Bertz CT molecular complexity index is 639. The van der Waals surface area contributed by atoms with Gasteiger partial charge in [-0.1, -0.05) is 38.3 Å². The number of tetrazole rings is 1. The van der Waals surface area contributed by atoms with E-state index in [9.17, 15) is 0 Å². The van der Waals surface area contributed by atoms with Gasteiger partial charge in [0.05, 0.1) is 11.1 Å². The molecule has 5 nitrogen and oxygen atoms in total. The molecule has 0 spiro atoms. The van der Waals surface area contributed by atoms with Gasteiger partial charge in [-0.2, -0.15) is 0 Å². The summed E-state index contributed by atoms with van der Waals surface area (Å²) in [6.45, 7) is 4.58. The molecule has 6 heteroatoms. The van der Waals surface area contributed by atoms with Crippen LogP contribution >= 0.6 is 11.6 Å². The van der Waals surface area contributed by atoms with Gasteiger partial charge in [0.15, 0.2) is 5.82 Å². The predicted octanol–water partition coefficient (Wildman–Crippen LogP) is 3.57. The van der Waals surface area contributed by atoms with Crippen molar-refractivity contribution >= 4 is 17.3 Å². The molecule has 3 unspecified atom stereocenters. The molecule has 1 aliphatic carbocycles. The predicted molar refractivity (Wildman–Crippen MR) is 83.9 cm³/mol. The lowest BCUT2D eigenvalue weighted by Gasteiger charge is -2.34. The number of rotatable bonds is 2. The molecular weight excluding hydrogens is 286 g/mol. The molecule has 2 N–H and O–H groups in total. The maximum atomic E-state index is 6.31. The molecule has 3 atom stereocenters. The average molecular weight is 306 g/mol. The van der Waals surface area contributed by atoms with E-state index in [-0.39, 0.29) is 0 Å². The summed E-state index contributed by atoms with van der Waals surface area (Å²) >= 11 is 6.31. The first-order valence-electron chi connectivity index (χ1n) is 7.41. The number of aromatic nitrogens is 4. The van der Waals surface area contributed by atoms with Crippen molar-refractivity contribution in [2.75, 3.05) is 5.73 Å². The molecule has 0 aliphatic heterocycles. The van der Waals surface area contributed by atoms with Crippen LogP contribution < -0.4 is 5.73 Å². The van der Waals surface area contributed by atoms with Gasteiger partial charge < -0.3 is 5.73 Å². The van der Waals surface area contributed by atoms with E-state index in [1.54, 1.807) is 6.07 Å². The van der Waals surface area contributed by atoms with Crippen molar-refractivity contribution in [2.45, 2.75) is 39.2 Å². The lowest BCUT2D eigenvalue weighted by atomic mass is 9.78. The molecule has 0 radical (unpaired) electrons. The summed E-state index contributed by atoms with van der Waals surface area (Å²) in [5.74, 6) is 1.96. The number of nitrogens with two attached hydrogens (primary N) is 1. The van der Waals surface area contributed by atoms with E-state index in [2.05, 4.69) is 29.4 Å². The molecule has 1 aromatic heterocycles. The second-order valence-corrected chi connectivity index (χ2v) is 6.43. The van der Waals surface area contributed by atoms with E-state index < -0.39 is 0 Å². The third-order valence-corrected chi connectivity index (χ3v) is 5.02. The zero-order valence-corrected chi connectivity index (χ0v) is 13.1. The number of benzene rings is 1. The fourth-order valence-electron chi connectivity index (χ4n) is 3.21. The lowest BCUT2D eigenvalue weighted by Crippen LogP contribution is -2.28. The SMILES string of the molecule is CC1CCCC(n2nnnc2-c2ccc(N)cc2Cl)C1C. The van der Waals surface area contributed by atoms with Crippen LogP contribution in [-0.2, 0) is 0 Å². The summed E-state index contributed by atoms with van der Waals surface area (Å²) in [5, 5.41) is 12.9. The largest absolute Gasteiger partial charge is 0.399 e. The number of hydrogen-bond acceptors (Lipinski definition) is 4. The number of halogens is 1. The van der Waals surface area contributed by atoms with E-state index in [1.165, 1.54) is 12.8 Å². The monoisotopic (exact) mass is 305 g/mol. The smallest absolute Gasteiger partial charge is 0.183 e. The van der Waals surface area contributed by atoms with Crippen molar-refractivity contribution in [1.29, 1.82) is 0 Å². The molecule has 112 valence electrons. The third kappa shape index (κ3) is 2.62. The molecule has 1 fully saturated rings. The summed E-state index contributed by atoms with van der Waals surface area (Å²) in [6, 6.07) is 5.78. The van der Waals surface area contributed by atoms with Crippen molar-refractivity contribution in [1.82, 2.24) is 20.2 Å². The summed E-state index contributed by atoms with van der Waals surface area (Å²) in [4.78, 5) is 0. The van der Waals surface area contributed by atoms with Gasteiger partial charge in [0.25, 0.3) is 0 Å². The molecule has 0 amide bonds. The minimum Gasteiger partial charge on any atom is -0.399 e. The molecule has 0 saturated heterocycles. The minimum atomic E-state index is 0.326. The fourth-order valence-corrected chi connectivity index (χ4v) is 3.48. The second kappa shape index (κ2) is 5.64. The first kappa shape index (κ1) is 14.3. The van der Waals surface area contributed by atoms with Crippen molar-refractivity contribution in [2.24, 2.45) is 11.8 Å². The van der Waals surface area contributed by atoms with Crippen LogP contribution in [0.15, 0.2) is 18.2 Å². The Balaban J connectivity index is 2.01. The first-order valence-corrected chi connectivity index (χ1v) is 7.79. The standard InChI is InChI=1S/C15H20ClN5/c1-9-4-3-5-14(10(9)2)21-15(18-19-20-21)12-7-6-11(17)8-13(12)16/h6-10,14H,3-5,17H2,1-2H3. The van der Waals surface area contributed by atoms with E-state index in [4.69, 9.17) is 17.3 Å². The number of nitrogen functional groups attached to an aromatic ring is 1. The first-order chi connectivity index (χ1) is 10.1. The van der Waals surface area contributed by atoms with Gasteiger partial charge in [-0.15, -0.1) is 5.10 Å². The Morgan fingerprint density at radius 1 is 1.29 bits per heavy atom. The van der Waals surface area contributed by atoms with Crippen molar-refractivity contribution in [3.05, 3.63) is 23.2 Å². The van der Waals surface area contributed by atoms with Gasteiger partial charge in [0, 0.05) is 11.3 Å². The summed E-state index contributed by atoms with van der Waals surface area (Å²) < 4.78 is 1.94. The van der Waals surface area contributed by atoms with Crippen LogP contribution in [0.5, 0.6) is 0 Å². The van der Waals surface area contributed by atoms with E-state index in [1.807, 2.05) is 16.8 Å². The zero-order valence-electron chi connectivity index (χ0n) is 12.3. The van der Waals surface area contributed by atoms with E-state index >= 15 is 0 Å². The molecule has 1 saturated carbocycles. The highest BCUT2D eigenvalue weighted by molar-refractivity contribution is 6.33. The number of nitrogens with zero attached hydrogens (tertiary/aromatic N) is 4. The van der Waals surface area contributed by atoms with Gasteiger partial charge in [0.1, 0.15) is 0 Å². The van der Waals surface area contributed by atoms with Gasteiger partial charge in [-0.05, 0) is 46.9 Å². The number of anilines is 1. The summed E-state index contributed by atoms with van der Waals surface area (Å²) in [6.07, 6.45) is 3.60. The summed E-state index contributed by atoms with van der Waals surface area (Å²) in [5.41, 5.74) is 7.23. The molecule has 1 aliphatic rings. The van der Waals surface area contributed by atoms with Crippen LogP contribution in [0.1, 0.15) is 39.2 Å². The van der Waals surface area contributed by atoms with Gasteiger partial charge >= 0.3 is 0 Å². The second-order valence-electron chi connectivity index (χ2n) is 6.02. The lowest BCUT2D eigenvalue weighted by molar-refractivity contribution is 0.174. The molecule has 2 aromatic rings. The fraction of sp³-hybridized carbons (Fsp3) is 0.533. The Labute approximate surface area is 129 Å². The maximum absolute atomic E-state index is 6.31. The maximum Gasteiger partial charge on any atom is 0.183 e. The van der Waals surface area contributed by atoms with Gasteiger partial charge in [-0.25, -0.2) is 4.68 Å². The highest BCUT2D eigenvalue weighted by Gasteiger charge is 2.31. The van der Waals surface area contributed by atoms with Crippen molar-refractivity contribution in [3.8, 4) is 11.4 Å². The quantitative estimate of drug-likeness (QED) is 0.861. The Kier molecular flexibility index (Phi) is 3.85. The molecular formula is C15H20ClN5. The third-order valence-electron chi connectivity index (χ3n) is 4.70. The van der Waals surface area contributed by atoms with E-state index in [0.29, 0.717) is 28.6 Å². The molecule has 21 heavy (non-hydrogen) atoms. The summed E-state index contributed by atoms with van der Waals surface area (Å²) in [7, 11) is 0. The highest BCUT2D eigenvalue weighted by atomic mass is 35.5. The van der Waals surface area contributed by atoms with Crippen molar-refractivity contribution in [3.63, 3.8) is 0 Å². The van der Waals surface area contributed by atoms with Crippen LogP contribution in [0.3, 0.4) is 0 Å². The van der Waals surface area contributed by atoms with Crippen LogP contribution in [0.4, 0.5) is 5.69 Å². The van der Waals surface area contributed by atoms with E-state index in [0.717, 1.165) is 17.8 Å². The van der Waals surface area contributed by atoms with Crippen LogP contribution in [0.2, 0.25) is 5.02 Å². The Morgan fingerprint density at radius 2 is 2.10 bits per heavy atom. The molecule has 0 bridgehead atoms. The Morgan fingerprint density at radius 3 is 2.86 bits per heavy atom. The Hall–Kier alpha value is -1.62. The normalized spacial score (nSPS) is 26.0. The van der Waals surface area contributed by atoms with Crippen molar-refractivity contribution < 1.29 is 0 Å². The van der Waals surface area contributed by atoms with Gasteiger partial charge in [-0.3, -0.25) is 0 Å². The van der Waals surface area contributed by atoms with Gasteiger partial charge in [0.2, 0.25) is 0 Å². The number of hydrogen-bond donors (Lipinski definition) is 1. The van der Waals surface area contributed by atoms with Crippen LogP contribution in [-0.4, -0.2) is 20.2 Å². The average Bonchev–Trinajstić information content (AvgIpc) is 2.91. The minimum absolute atomic E-state index is 0.326.